The fourth-order valence-electron chi connectivity index (χ4n) is 11.8. The van der Waals surface area contributed by atoms with E-state index in [0.29, 0.717) is 0 Å². The van der Waals surface area contributed by atoms with Crippen LogP contribution in [0.4, 0.5) is 39.8 Å². The minimum atomic E-state index is -0.0796. The van der Waals surface area contributed by atoms with Gasteiger partial charge in [-0.25, -0.2) is 0 Å². The zero-order valence-electron chi connectivity index (χ0n) is 39.5. The summed E-state index contributed by atoms with van der Waals surface area (Å²) >= 11 is 0. The van der Waals surface area contributed by atoms with Crippen molar-refractivity contribution in [3.63, 3.8) is 0 Å². The Balaban J connectivity index is 1.16. The van der Waals surface area contributed by atoms with Crippen molar-refractivity contribution in [2.75, 3.05) is 15.1 Å². The molecule has 1 aromatic heterocycles. The van der Waals surface area contributed by atoms with Crippen LogP contribution in [0.25, 0.3) is 65.6 Å². The molecule has 14 rings (SSSR count). The number of hydrogen-bond acceptors (Lipinski definition) is 3. The molecule has 0 saturated carbocycles. The Morgan fingerprint density at radius 3 is 1.40 bits per heavy atom. The maximum absolute atomic E-state index is 4.14. The predicted molar refractivity (Wildman–Crippen MR) is 303 cm³/mol. The maximum atomic E-state index is 4.14. The normalized spacial score (nSPS) is 14.2. The van der Waals surface area contributed by atoms with Crippen molar-refractivity contribution in [3.8, 4) is 22.4 Å². The van der Waals surface area contributed by atoms with Gasteiger partial charge in [-0.2, -0.15) is 0 Å². The molecule has 2 heterocycles. The van der Waals surface area contributed by atoms with Gasteiger partial charge in [0.1, 0.15) is 0 Å². The molecule has 0 radical (unpaired) electrons. The molecule has 340 valence electrons. The van der Waals surface area contributed by atoms with Crippen molar-refractivity contribution in [2.24, 2.45) is 0 Å². The maximum Gasteiger partial charge on any atom is 0.0630 e. The van der Waals surface area contributed by atoms with Crippen molar-refractivity contribution in [1.82, 2.24) is 4.98 Å². The molecule has 2 atom stereocenters. The smallest absolute Gasteiger partial charge is 0.0630 e. The van der Waals surface area contributed by atoms with E-state index in [1.165, 1.54) is 71.2 Å². The second-order valence-electron chi connectivity index (χ2n) is 18.9. The molecule has 0 bridgehead atoms. The molecule has 1 aliphatic heterocycles. The molecule has 0 amide bonds. The van der Waals surface area contributed by atoms with Crippen molar-refractivity contribution >= 4 is 83.0 Å². The zero-order valence-corrected chi connectivity index (χ0v) is 39.5. The van der Waals surface area contributed by atoms with Gasteiger partial charge in [0.05, 0.1) is 23.1 Å². The lowest BCUT2D eigenvalue weighted by Crippen LogP contribution is -2.16. The van der Waals surface area contributed by atoms with Gasteiger partial charge < -0.3 is 20.1 Å². The Morgan fingerprint density at radius 1 is 0.347 bits per heavy atom. The SMILES string of the molecule is c1ccc(-c2c(-c3cc(N(c4ccccc4)c4ccccc4)c4ccc5c(C6Nc7ccccc7C6c6ccccc6)cc(N(c6ccccc6)c6ccccc6)c6ccc3c4c56)[nH]c3ccccc23)cc1. The van der Waals surface area contributed by atoms with Crippen LogP contribution in [0.5, 0.6) is 0 Å². The number of aromatic nitrogens is 1. The second kappa shape index (κ2) is 17.2. The standard InChI is InChI=1S/C68H48N4/c1-7-23-45(24-8-1)63-53-35-19-21-37-59(53)69-67(63)57-43-61(71(47-27-11-3-12-28-47)48-29-13-4-14-30-48)55-42-40-52-58(68-64(46-25-9-2-10-26-46)54-36-20-22-38-60(54)70-68)44-62(56-41-39-51(57)65(55)66(52)56)72(49-31-15-5-16-32-49)50-33-17-6-18-34-50/h1-44,63,67,69-70H. The Labute approximate surface area is 419 Å². The Morgan fingerprint density at radius 2 is 0.806 bits per heavy atom. The fraction of sp³-hybridized carbons (Fsp3) is 0.0294. The molecule has 1 aliphatic rings. The first kappa shape index (κ1) is 41.6. The Bertz CT molecular complexity index is 3980. The lowest BCUT2D eigenvalue weighted by Gasteiger charge is -2.32. The summed E-state index contributed by atoms with van der Waals surface area (Å²) < 4.78 is 0. The molecule has 4 nitrogen and oxygen atoms in total. The first-order valence-corrected chi connectivity index (χ1v) is 24.9. The average molecular weight is 921 g/mol. The highest BCUT2D eigenvalue weighted by Crippen LogP contribution is 2.56. The lowest BCUT2D eigenvalue weighted by molar-refractivity contribution is 0.718. The van der Waals surface area contributed by atoms with Crippen LogP contribution in [-0.4, -0.2) is 4.98 Å². The Kier molecular flexibility index (Phi) is 9.95. The minimum absolute atomic E-state index is 0.0631. The third kappa shape index (κ3) is 6.75. The van der Waals surface area contributed by atoms with E-state index in [1.807, 2.05) is 0 Å². The van der Waals surface area contributed by atoms with Gasteiger partial charge in [0, 0.05) is 72.5 Å². The van der Waals surface area contributed by atoms with Crippen LogP contribution in [0.15, 0.2) is 267 Å². The van der Waals surface area contributed by atoms with Gasteiger partial charge in [0.25, 0.3) is 0 Å². The average Bonchev–Trinajstić information content (AvgIpc) is 4.04. The summed E-state index contributed by atoms with van der Waals surface area (Å²) in [5.41, 5.74) is 17.3. The van der Waals surface area contributed by atoms with E-state index in [4.69, 9.17) is 0 Å². The number of para-hydroxylation sites is 6. The minimum Gasteiger partial charge on any atom is -0.377 e. The number of hydrogen-bond donors (Lipinski definition) is 2. The summed E-state index contributed by atoms with van der Waals surface area (Å²) in [4.78, 5) is 8.93. The highest BCUT2D eigenvalue weighted by atomic mass is 15.2. The van der Waals surface area contributed by atoms with E-state index in [2.05, 4.69) is 287 Å². The van der Waals surface area contributed by atoms with Gasteiger partial charge in [-0.3, -0.25) is 0 Å². The summed E-state index contributed by atoms with van der Waals surface area (Å²) in [5.74, 6) is 0.0631. The van der Waals surface area contributed by atoms with Gasteiger partial charge in [0.2, 0.25) is 0 Å². The summed E-state index contributed by atoms with van der Waals surface area (Å²) in [7, 11) is 0. The number of benzene rings is 12. The fourth-order valence-corrected chi connectivity index (χ4v) is 11.8. The van der Waals surface area contributed by atoms with E-state index in [9.17, 15) is 0 Å². The first-order valence-electron chi connectivity index (χ1n) is 24.9. The van der Waals surface area contributed by atoms with E-state index in [1.54, 1.807) is 0 Å². The molecule has 0 spiro atoms. The molecule has 4 heteroatoms. The van der Waals surface area contributed by atoms with Crippen molar-refractivity contribution in [2.45, 2.75) is 12.0 Å². The van der Waals surface area contributed by atoms with E-state index in [-0.39, 0.29) is 12.0 Å². The van der Waals surface area contributed by atoms with Crippen LogP contribution >= 0.6 is 0 Å². The lowest BCUT2D eigenvalue weighted by atomic mass is 9.80. The summed E-state index contributed by atoms with van der Waals surface area (Å²) in [6.45, 7) is 0. The number of anilines is 7. The van der Waals surface area contributed by atoms with Gasteiger partial charge in [-0.05, 0) is 111 Å². The molecular formula is C68H48N4. The highest BCUT2D eigenvalue weighted by Gasteiger charge is 2.37. The number of rotatable bonds is 10. The number of fused-ring (bicyclic) bond motifs is 2. The third-order valence-corrected chi connectivity index (χ3v) is 14.9. The molecule has 0 saturated heterocycles. The monoisotopic (exact) mass is 920 g/mol. The van der Waals surface area contributed by atoms with Gasteiger partial charge >= 0.3 is 0 Å². The van der Waals surface area contributed by atoms with Crippen molar-refractivity contribution in [1.29, 1.82) is 0 Å². The molecule has 13 aromatic rings. The molecular weight excluding hydrogens is 873 g/mol. The second-order valence-corrected chi connectivity index (χ2v) is 18.9. The van der Waals surface area contributed by atoms with Crippen molar-refractivity contribution < 1.29 is 0 Å². The van der Waals surface area contributed by atoms with Gasteiger partial charge in [-0.15, -0.1) is 0 Å². The van der Waals surface area contributed by atoms with Crippen LogP contribution in [0.3, 0.4) is 0 Å². The largest absolute Gasteiger partial charge is 0.377 e. The molecule has 0 aliphatic carbocycles. The first-order chi connectivity index (χ1) is 35.8. The van der Waals surface area contributed by atoms with E-state index < -0.39 is 0 Å². The van der Waals surface area contributed by atoms with Gasteiger partial charge in [-0.1, -0.05) is 194 Å². The third-order valence-electron chi connectivity index (χ3n) is 14.9. The summed E-state index contributed by atoms with van der Waals surface area (Å²) in [6.07, 6.45) is 0. The summed E-state index contributed by atoms with van der Waals surface area (Å²) in [6, 6.07) is 97.5. The van der Waals surface area contributed by atoms with Crippen LogP contribution in [-0.2, 0) is 0 Å². The molecule has 0 fully saturated rings. The van der Waals surface area contributed by atoms with Crippen LogP contribution < -0.4 is 15.1 Å². The van der Waals surface area contributed by atoms with Crippen LogP contribution in [0, 0.1) is 0 Å². The van der Waals surface area contributed by atoms with E-state index in [0.717, 1.165) is 50.9 Å². The number of nitrogens with zero attached hydrogens (tertiary/aromatic N) is 2. The molecule has 12 aromatic carbocycles. The number of aromatic amines is 1. The molecule has 2 unspecified atom stereocenters. The Hall–Kier alpha value is -9.38. The zero-order chi connectivity index (χ0) is 47.5. The quantitative estimate of drug-likeness (QED) is 0.134. The molecule has 72 heavy (non-hydrogen) atoms. The number of nitrogens with one attached hydrogen (secondary N) is 2. The predicted octanol–water partition coefficient (Wildman–Crippen LogP) is 18.6. The van der Waals surface area contributed by atoms with Crippen molar-refractivity contribution in [3.05, 3.63) is 284 Å². The highest BCUT2D eigenvalue weighted by molar-refractivity contribution is 6.31. The van der Waals surface area contributed by atoms with E-state index >= 15 is 0 Å². The van der Waals surface area contributed by atoms with Crippen LogP contribution in [0.2, 0.25) is 0 Å². The summed E-state index contributed by atoms with van der Waals surface area (Å²) in [5, 5.41) is 12.6. The van der Waals surface area contributed by atoms with Crippen LogP contribution in [0.1, 0.15) is 28.7 Å². The van der Waals surface area contributed by atoms with Gasteiger partial charge in [0.15, 0.2) is 0 Å². The number of H-pyrrole nitrogens is 1. The molecule has 2 N–H and O–H groups in total. The topological polar surface area (TPSA) is 34.3 Å².